The van der Waals surface area contributed by atoms with Crippen molar-refractivity contribution in [3.05, 3.63) is 25.3 Å². The molecule has 0 radical (unpaired) electrons. The molecule has 0 aromatic rings. The van der Waals surface area contributed by atoms with Crippen LogP contribution in [0.3, 0.4) is 0 Å². The van der Waals surface area contributed by atoms with Gasteiger partial charge in [0, 0.05) is 18.9 Å². The van der Waals surface area contributed by atoms with E-state index in [1.165, 1.54) is 0 Å². The summed E-state index contributed by atoms with van der Waals surface area (Å²) in [6, 6.07) is -0.712. The van der Waals surface area contributed by atoms with Gasteiger partial charge >= 0.3 is 5.97 Å². The van der Waals surface area contributed by atoms with Gasteiger partial charge in [-0.25, -0.2) is 0 Å². The van der Waals surface area contributed by atoms with Gasteiger partial charge in [0.05, 0.1) is 18.6 Å². The van der Waals surface area contributed by atoms with Gasteiger partial charge in [-0.2, -0.15) is 0 Å². The van der Waals surface area contributed by atoms with E-state index in [0.717, 1.165) is 19.3 Å². The molecule has 0 spiro atoms. The van der Waals surface area contributed by atoms with Crippen molar-refractivity contribution in [3.63, 3.8) is 0 Å². The summed E-state index contributed by atoms with van der Waals surface area (Å²) in [5.74, 6) is -1.39. The van der Waals surface area contributed by atoms with Crippen LogP contribution in [0.1, 0.15) is 59.3 Å². The second-order valence-corrected chi connectivity index (χ2v) is 7.65. The molecule has 0 rings (SSSR count). The SMILES string of the molecule is C=CCCCCC(=O)OCC(NC(=O)C(CC=C)CC(=O)NC(C)CO)C(C)C. The summed E-state index contributed by atoms with van der Waals surface area (Å²) in [5.41, 5.74) is 0. The normalized spacial score (nSPS) is 13.8. The van der Waals surface area contributed by atoms with Crippen molar-refractivity contribution in [1.29, 1.82) is 0 Å². The van der Waals surface area contributed by atoms with E-state index < -0.39 is 5.92 Å². The molecule has 7 nitrogen and oxygen atoms in total. The lowest BCUT2D eigenvalue weighted by Crippen LogP contribution is -2.46. The fraction of sp³-hybridized carbons (Fsp3) is 0.682. The molecule has 0 aliphatic carbocycles. The number of nitrogens with one attached hydrogen (secondary N) is 2. The molecule has 3 atom stereocenters. The first-order valence-corrected chi connectivity index (χ1v) is 10.3. The van der Waals surface area contributed by atoms with Gasteiger partial charge in [-0.15, -0.1) is 13.2 Å². The van der Waals surface area contributed by atoms with E-state index in [9.17, 15) is 14.4 Å². The molecule has 0 aliphatic heterocycles. The van der Waals surface area contributed by atoms with Crippen molar-refractivity contribution in [2.24, 2.45) is 11.8 Å². The Morgan fingerprint density at radius 2 is 1.76 bits per heavy atom. The van der Waals surface area contributed by atoms with Crippen LogP contribution in [0.15, 0.2) is 25.3 Å². The minimum Gasteiger partial charge on any atom is -0.463 e. The number of carbonyl (C=O) groups excluding carboxylic acids is 3. The van der Waals surface area contributed by atoms with E-state index in [-0.39, 0.29) is 55.4 Å². The molecule has 0 saturated heterocycles. The Morgan fingerprint density at radius 3 is 2.31 bits per heavy atom. The van der Waals surface area contributed by atoms with E-state index >= 15 is 0 Å². The van der Waals surface area contributed by atoms with E-state index in [1.54, 1.807) is 13.0 Å². The largest absolute Gasteiger partial charge is 0.463 e. The van der Waals surface area contributed by atoms with Crippen LogP contribution in [0.4, 0.5) is 0 Å². The average molecular weight is 411 g/mol. The maximum Gasteiger partial charge on any atom is 0.305 e. The highest BCUT2D eigenvalue weighted by Crippen LogP contribution is 2.13. The third kappa shape index (κ3) is 12.8. The van der Waals surface area contributed by atoms with Crippen LogP contribution in [0, 0.1) is 11.8 Å². The molecule has 0 fully saturated rings. The second-order valence-electron chi connectivity index (χ2n) is 7.65. The Hall–Kier alpha value is -2.15. The van der Waals surface area contributed by atoms with E-state index in [1.807, 2.05) is 19.9 Å². The number of amides is 2. The van der Waals surface area contributed by atoms with Crippen LogP contribution in [0.5, 0.6) is 0 Å². The highest BCUT2D eigenvalue weighted by atomic mass is 16.5. The maximum atomic E-state index is 12.7. The Kier molecular flexibility index (Phi) is 14.6. The number of unbranched alkanes of at least 4 members (excludes halogenated alkanes) is 2. The van der Waals surface area contributed by atoms with Crippen LogP contribution in [0.2, 0.25) is 0 Å². The van der Waals surface area contributed by atoms with Gasteiger partial charge in [-0.05, 0) is 38.5 Å². The van der Waals surface area contributed by atoms with Crippen molar-refractivity contribution in [2.75, 3.05) is 13.2 Å². The number of aliphatic hydroxyl groups excluding tert-OH is 1. The highest BCUT2D eigenvalue weighted by Gasteiger charge is 2.25. The second kappa shape index (κ2) is 15.7. The first kappa shape index (κ1) is 26.9. The summed E-state index contributed by atoms with van der Waals surface area (Å²) in [6.07, 6.45) is 6.61. The van der Waals surface area contributed by atoms with Crippen molar-refractivity contribution in [1.82, 2.24) is 10.6 Å². The average Bonchev–Trinajstić information content (AvgIpc) is 2.67. The van der Waals surface area contributed by atoms with Gasteiger partial charge in [0.25, 0.3) is 0 Å². The number of aliphatic hydroxyl groups is 1. The smallest absolute Gasteiger partial charge is 0.305 e. The predicted octanol–water partition coefficient (Wildman–Crippen LogP) is 2.50. The minimum absolute atomic E-state index is 0.00387. The van der Waals surface area contributed by atoms with Gasteiger partial charge in [-0.1, -0.05) is 26.0 Å². The number of hydrogen-bond acceptors (Lipinski definition) is 5. The first-order valence-electron chi connectivity index (χ1n) is 10.3. The fourth-order valence-corrected chi connectivity index (χ4v) is 2.60. The zero-order valence-corrected chi connectivity index (χ0v) is 18.1. The number of allylic oxidation sites excluding steroid dienone is 2. The van der Waals surface area contributed by atoms with Crippen LogP contribution >= 0.6 is 0 Å². The quantitative estimate of drug-likeness (QED) is 0.206. The van der Waals surface area contributed by atoms with Gasteiger partial charge < -0.3 is 20.5 Å². The number of rotatable bonds is 16. The van der Waals surface area contributed by atoms with Crippen molar-refractivity contribution < 1.29 is 24.2 Å². The van der Waals surface area contributed by atoms with E-state index in [0.29, 0.717) is 12.8 Å². The molecule has 0 heterocycles. The van der Waals surface area contributed by atoms with Crippen molar-refractivity contribution >= 4 is 17.8 Å². The third-order valence-corrected chi connectivity index (χ3v) is 4.53. The highest BCUT2D eigenvalue weighted by molar-refractivity contribution is 5.86. The summed E-state index contributed by atoms with van der Waals surface area (Å²) in [6.45, 7) is 12.8. The van der Waals surface area contributed by atoms with Crippen LogP contribution < -0.4 is 10.6 Å². The number of carbonyl (C=O) groups is 3. The summed E-state index contributed by atoms with van der Waals surface area (Å²) >= 11 is 0. The van der Waals surface area contributed by atoms with Crippen molar-refractivity contribution in [2.45, 2.75) is 71.4 Å². The molecule has 0 aromatic heterocycles. The summed E-state index contributed by atoms with van der Waals surface area (Å²) < 4.78 is 5.33. The molecule has 29 heavy (non-hydrogen) atoms. The Bertz CT molecular complexity index is 533. The van der Waals surface area contributed by atoms with E-state index in [4.69, 9.17) is 9.84 Å². The molecule has 3 unspecified atom stereocenters. The van der Waals surface area contributed by atoms with Crippen LogP contribution in [-0.4, -0.2) is 48.2 Å². The lowest BCUT2D eigenvalue weighted by molar-refractivity contribution is -0.145. The van der Waals surface area contributed by atoms with Gasteiger partial charge in [0.15, 0.2) is 0 Å². The molecule has 7 heteroatoms. The topological polar surface area (TPSA) is 105 Å². The summed E-state index contributed by atoms with van der Waals surface area (Å²) in [4.78, 5) is 36.6. The number of ether oxygens (including phenoxy) is 1. The molecule has 0 bridgehead atoms. The van der Waals surface area contributed by atoms with Crippen molar-refractivity contribution in [3.8, 4) is 0 Å². The predicted molar refractivity (Wildman–Crippen MR) is 114 cm³/mol. The van der Waals surface area contributed by atoms with Gasteiger partial charge in [0.2, 0.25) is 11.8 Å². The Balaban J connectivity index is 4.68. The fourth-order valence-electron chi connectivity index (χ4n) is 2.60. The van der Waals surface area contributed by atoms with E-state index in [2.05, 4.69) is 23.8 Å². The molecule has 0 aliphatic rings. The Labute approximate surface area is 175 Å². The van der Waals surface area contributed by atoms with Gasteiger partial charge in [-0.3, -0.25) is 14.4 Å². The third-order valence-electron chi connectivity index (χ3n) is 4.53. The molecular formula is C22H38N2O5. The van der Waals surface area contributed by atoms with Crippen LogP contribution in [-0.2, 0) is 19.1 Å². The molecule has 0 aromatic carbocycles. The molecular weight excluding hydrogens is 372 g/mol. The lowest BCUT2D eigenvalue weighted by atomic mass is 9.97. The summed E-state index contributed by atoms with van der Waals surface area (Å²) in [5, 5.41) is 14.6. The summed E-state index contributed by atoms with van der Waals surface area (Å²) in [7, 11) is 0. The van der Waals surface area contributed by atoms with Crippen LogP contribution in [0.25, 0.3) is 0 Å². The number of esters is 1. The standard InChI is InChI=1S/C22H38N2O5/c1-6-8-9-10-12-21(27)29-15-19(16(3)4)24-22(28)18(11-7-2)13-20(26)23-17(5)14-25/h6-7,16-19,25H,1-2,8-15H2,3-5H3,(H,23,26)(H,24,28). The molecule has 2 amide bonds. The molecule has 0 saturated carbocycles. The first-order chi connectivity index (χ1) is 13.7. The minimum atomic E-state index is -0.575. The zero-order valence-electron chi connectivity index (χ0n) is 18.1. The molecule has 3 N–H and O–H groups in total. The lowest BCUT2D eigenvalue weighted by Gasteiger charge is -2.25. The van der Waals surface area contributed by atoms with Gasteiger partial charge in [0.1, 0.15) is 6.61 Å². The Morgan fingerprint density at radius 1 is 1.07 bits per heavy atom. The monoisotopic (exact) mass is 410 g/mol. The maximum absolute atomic E-state index is 12.7. The zero-order chi connectivity index (χ0) is 22.2. The number of hydrogen-bond donors (Lipinski definition) is 3. The molecule has 166 valence electrons.